The molecule has 2 amide bonds. The Morgan fingerprint density at radius 3 is 1.59 bits per heavy atom. The van der Waals surface area contributed by atoms with E-state index in [-0.39, 0.29) is 23.7 Å². The fourth-order valence-electron chi connectivity index (χ4n) is 3.06. The van der Waals surface area contributed by atoms with Crippen molar-refractivity contribution in [1.82, 2.24) is 0 Å². The maximum atomic E-state index is 12.5. The number of anilines is 2. The fraction of sp³-hybridized carbons (Fsp3) is 0.333. The fourth-order valence-corrected chi connectivity index (χ4v) is 3.06. The van der Waals surface area contributed by atoms with Crippen molar-refractivity contribution in [2.75, 3.05) is 24.9 Å². The highest BCUT2D eigenvalue weighted by Crippen LogP contribution is 2.41. The molecule has 142 valence electrons. The molecule has 1 fully saturated rings. The van der Waals surface area contributed by atoms with E-state index in [2.05, 4.69) is 10.6 Å². The molecule has 2 aromatic carbocycles. The van der Waals surface area contributed by atoms with E-state index in [0.717, 1.165) is 11.1 Å². The van der Waals surface area contributed by atoms with Gasteiger partial charge in [0.25, 0.3) is 0 Å². The Morgan fingerprint density at radius 1 is 0.815 bits per heavy atom. The lowest BCUT2D eigenvalue weighted by Crippen LogP contribution is -2.21. The number of hydrogen-bond acceptors (Lipinski definition) is 4. The van der Waals surface area contributed by atoms with Gasteiger partial charge in [0.05, 0.1) is 37.4 Å². The van der Waals surface area contributed by atoms with E-state index in [9.17, 15) is 9.59 Å². The summed E-state index contributed by atoms with van der Waals surface area (Å²) < 4.78 is 10.6. The number of benzene rings is 2. The van der Waals surface area contributed by atoms with E-state index in [1.54, 1.807) is 14.2 Å². The van der Waals surface area contributed by atoms with E-state index >= 15 is 0 Å². The number of hydrogen-bond donors (Lipinski definition) is 2. The van der Waals surface area contributed by atoms with Crippen LogP contribution in [0.1, 0.15) is 17.5 Å². The molecule has 0 saturated heterocycles. The quantitative estimate of drug-likeness (QED) is 0.818. The third-order valence-corrected chi connectivity index (χ3v) is 4.69. The second kappa shape index (κ2) is 7.70. The van der Waals surface area contributed by atoms with Crippen molar-refractivity contribution in [1.29, 1.82) is 0 Å². The normalized spacial score (nSPS) is 17.8. The molecular formula is C21H24N2O4. The second-order valence-corrected chi connectivity index (χ2v) is 6.83. The van der Waals surface area contributed by atoms with Crippen LogP contribution in [0.25, 0.3) is 0 Å². The number of aryl methyl sites for hydroxylation is 2. The predicted octanol–water partition coefficient (Wildman–Crippen LogP) is 3.53. The first kappa shape index (κ1) is 18.8. The molecule has 1 aliphatic rings. The SMILES string of the molecule is COc1ccc(C)cc1NC(=O)C1CC1C(=O)Nc1cc(C)ccc1OC. The van der Waals surface area contributed by atoms with Crippen molar-refractivity contribution in [3.8, 4) is 11.5 Å². The van der Waals surface area contributed by atoms with E-state index in [1.165, 1.54) is 0 Å². The molecule has 0 heterocycles. The van der Waals surface area contributed by atoms with Gasteiger partial charge in [-0.25, -0.2) is 0 Å². The summed E-state index contributed by atoms with van der Waals surface area (Å²) in [5.41, 5.74) is 3.27. The van der Waals surface area contributed by atoms with Crippen molar-refractivity contribution >= 4 is 23.2 Å². The van der Waals surface area contributed by atoms with Gasteiger partial charge in [-0.15, -0.1) is 0 Å². The molecule has 6 nitrogen and oxygen atoms in total. The summed E-state index contributed by atoms with van der Waals surface area (Å²) in [5.74, 6) is 0.169. The number of ether oxygens (including phenoxy) is 2. The van der Waals surface area contributed by atoms with Crippen LogP contribution in [0, 0.1) is 25.7 Å². The molecule has 6 heteroatoms. The third-order valence-electron chi connectivity index (χ3n) is 4.69. The Kier molecular flexibility index (Phi) is 5.35. The van der Waals surface area contributed by atoms with Crippen LogP contribution >= 0.6 is 0 Å². The molecule has 3 rings (SSSR count). The highest BCUT2D eigenvalue weighted by molar-refractivity contribution is 6.04. The van der Waals surface area contributed by atoms with Crippen molar-refractivity contribution < 1.29 is 19.1 Å². The highest BCUT2D eigenvalue weighted by Gasteiger charge is 2.48. The number of nitrogens with one attached hydrogen (secondary N) is 2. The van der Waals surface area contributed by atoms with Crippen LogP contribution in [0.4, 0.5) is 11.4 Å². The summed E-state index contributed by atoms with van der Waals surface area (Å²) in [6.45, 7) is 3.88. The molecule has 0 radical (unpaired) electrons. The van der Waals surface area contributed by atoms with Crippen LogP contribution in [0.15, 0.2) is 36.4 Å². The number of amides is 2. The van der Waals surface area contributed by atoms with E-state index in [0.29, 0.717) is 29.3 Å². The zero-order valence-electron chi connectivity index (χ0n) is 16.0. The van der Waals surface area contributed by atoms with Gasteiger partial charge in [0.1, 0.15) is 11.5 Å². The van der Waals surface area contributed by atoms with Crippen molar-refractivity contribution in [3.05, 3.63) is 47.5 Å². The standard InChI is InChI=1S/C21H24N2O4/c1-12-5-7-18(26-3)16(9-12)22-20(24)14-11-15(14)21(25)23-17-10-13(2)6-8-19(17)27-4/h5-10,14-15H,11H2,1-4H3,(H,22,24)(H,23,25). The average molecular weight is 368 g/mol. The van der Waals surface area contributed by atoms with Gasteiger partial charge in [-0.2, -0.15) is 0 Å². The van der Waals surface area contributed by atoms with Gasteiger partial charge >= 0.3 is 0 Å². The largest absolute Gasteiger partial charge is 0.495 e. The van der Waals surface area contributed by atoms with Crippen LogP contribution in [0.2, 0.25) is 0 Å². The summed E-state index contributed by atoms with van der Waals surface area (Å²) in [6.07, 6.45) is 0.528. The zero-order valence-corrected chi connectivity index (χ0v) is 16.0. The van der Waals surface area contributed by atoms with Gasteiger partial charge in [0, 0.05) is 0 Å². The van der Waals surface area contributed by atoms with E-state index in [1.807, 2.05) is 50.2 Å². The average Bonchev–Trinajstić information content (AvgIpc) is 3.43. The minimum absolute atomic E-state index is 0.171. The molecule has 0 aliphatic heterocycles. The predicted molar refractivity (Wildman–Crippen MR) is 104 cm³/mol. The van der Waals surface area contributed by atoms with Crippen molar-refractivity contribution in [2.24, 2.45) is 11.8 Å². The van der Waals surface area contributed by atoms with Gasteiger partial charge in [-0.3, -0.25) is 9.59 Å². The summed E-state index contributed by atoms with van der Waals surface area (Å²) in [4.78, 5) is 25.1. The molecule has 0 aromatic heterocycles. The third kappa shape index (κ3) is 4.22. The van der Waals surface area contributed by atoms with Crippen LogP contribution in [-0.2, 0) is 9.59 Å². The van der Waals surface area contributed by atoms with Gasteiger partial charge in [-0.05, 0) is 55.7 Å². The summed E-state index contributed by atoms with van der Waals surface area (Å²) in [5, 5.41) is 5.75. The molecule has 2 atom stereocenters. The summed E-state index contributed by atoms with van der Waals surface area (Å²) >= 11 is 0. The molecule has 2 unspecified atom stereocenters. The van der Waals surface area contributed by atoms with E-state index in [4.69, 9.17) is 9.47 Å². The molecule has 0 bridgehead atoms. The molecule has 0 spiro atoms. The Bertz CT molecular complexity index is 807. The maximum absolute atomic E-state index is 12.5. The number of rotatable bonds is 6. The Labute approximate surface area is 158 Å². The second-order valence-electron chi connectivity index (χ2n) is 6.83. The minimum atomic E-state index is -0.342. The lowest BCUT2D eigenvalue weighted by molar-refractivity contribution is -0.122. The van der Waals surface area contributed by atoms with Crippen LogP contribution in [0.3, 0.4) is 0 Å². The van der Waals surface area contributed by atoms with Gasteiger partial charge in [0.15, 0.2) is 0 Å². The number of methoxy groups -OCH3 is 2. The van der Waals surface area contributed by atoms with Gasteiger partial charge in [0.2, 0.25) is 11.8 Å². The van der Waals surface area contributed by atoms with Crippen molar-refractivity contribution in [3.63, 3.8) is 0 Å². The minimum Gasteiger partial charge on any atom is -0.495 e. The lowest BCUT2D eigenvalue weighted by atomic mass is 10.2. The van der Waals surface area contributed by atoms with E-state index < -0.39 is 0 Å². The molecule has 2 N–H and O–H groups in total. The summed E-state index contributed by atoms with van der Waals surface area (Å²) in [7, 11) is 3.12. The van der Waals surface area contributed by atoms with Gasteiger partial charge in [-0.1, -0.05) is 12.1 Å². The maximum Gasteiger partial charge on any atom is 0.228 e. The topological polar surface area (TPSA) is 76.7 Å². The highest BCUT2D eigenvalue weighted by atomic mass is 16.5. The smallest absolute Gasteiger partial charge is 0.228 e. The lowest BCUT2D eigenvalue weighted by Gasteiger charge is -2.12. The first-order valence-corrected chi connectivity index (χ1v) is 8.84. The number of carbonyl (C=O) groups excluding carboxylic acids is 2. The zero-order chi connectivity index (χ0) is 19.6. The Hall–Kier alpha value is -3.02. The first-order chi connectivity index (χ1) is 12.9. The molecular weight excluding hydrogens is 344 g/mol. The molecule has 27 heavy (non-hydrogen) atoms. The van der Waals surface area contributed by atoms with Crippen LogP contribution < -0.4 is 20.1 Å². The van der Waals surface area contributed by atoms with Crippen molar-refractivity contribution in [2.45, 2.75) is 20.3 Å². The van der Waals surface area contributed by atoms with Crippen LogP contribution in [0.5, 0.6) is 11.5 Å². The molecule has 2 aromatic rings. The number of carbonyl (C=O) groups is 2. The molecule has 1 aliphatic carbocycles. The Morgan fingerprint density at radius 2 is 1.22 bits per heavy atom. The monoisotopic (exact) mass is 368 g/mol. The van der Waals surface area contributed by atoms with Gasteiger partial charge < -0.3 is 20.1 Å². The molecule has 1 saturated carbocycles. The Balaban J connectivity index is 1.64. The first-order valence-electron chi connectivity index (χ1n) is 8.84. The van der Waals surface area contributed by atoms with Crippen LogP contribution in [-0.4, -0.2) is 26.0 Å². The summed E-state index contributed by atoms with van der Waals surface area (Å²) in [6, 6.07) is 11.2.